The van der Waals surface area contributed by atoms with E-state index in [0.717, 1.165) is 11.4 Å². The van der Waals surface area contributed by atoms with Gasteiger partial charge in [-0.2, -0.15) is 0 Å². The molecule has 1 aromatic carbocycles. The van der Waals surface area contributed by atoms with Crippen molar-refractivity contribution in [3.05, 3.63) is 41.7 Å². The molecule has 1 aliphatic rings. The third-order valence-electron chi connectivity index (χ3n) is 3.38. The van der Waals surface area contributed by atoms with E-state index in [1.54, 1.807) is 18.2 Å². The van der Waals surface area contributed by atoms with E-state index in [1.165, 1.54) is 0 Å². The highest BCUT2D eigenvalue weighted by Crippen LogP contribution is 2.34. The van der Waals surface area contributed by atoms with Gasteiger partial charge in [0.2, 0.25) is 12.7 Å². The van der Waals surface area contributed by atoms with Crippen molar-refractivity contribution in [2.45, 2.75) is 20.4 Å². The van der Waals surface area contributed by atoms with Crippen molar-refractivity contribution >= 4 is 11.6 Å². The molecule has 2 heterocycles. The van der Waals surface area contributed by atoms with Gasteiger partial charge in [0.05, 0.1) is 0 Å². The summed E-state index contributed by atoms with van der Waals surface area (Å²) in [5.74, 6) is 1.31. The first-order valence-electron chi connectivity index (χ1n) is 6.46. The first-order chi connectivity index (χ1) is 9.63. The highest BCUT2D eigenvalue weighted by atomic mass is 16.7. The average molecular weight is 272 g/mol. The molecule has 3 rings (SSSR count). The quantitative estimate of drug-likeness (QED) is 0.933. The van der Waals surface area contributed by atoms with Gasteiger partial charge in [-0.1, -0.05) is 0 Å². The van der Waals surface area contributed by atoms with Crippen molar-refractivity contribution in [1.29, 1.82) is 0 Å². The second-order valence-electron chi connectivity index (χ2n) is 4.82. The Kier molecular flexibility index (Phi) is 3.10. The van der Waals surface area contributed by atoms with Gasteiger partial charge in [-0.3, -0.25) is 4.79 Å². The van der Waals surface area contributed by atoms with Crippen LogP contribution in [-0.4, -0.2) is 17.3 Å². The Morgan fingerprint density at radius 1 is 1.15 bits per heavy atom. The number of hydrogen-bond acceptors (Lipinski definition) is 3. The van der Waals surface area contributed by atoms with Crippen LogP contribution >= 0.6 is 0 Å². The molecule has 5 nitrogen and oxygen atoms in total. The Balaban J connectivity index is 1.70. The third-order valence-corrected chi connectivity index (χ3v) is 3.38. The predicted molar refractivity (Wildman–Crippen MR) is 75.1 cm³/mol. The summed E-state index contributed by atoms with van der Waals surface area (Å²) in [7, 11) is 0. The van der Waals surface area contributed by atoms with Crippen LogP contribution in [0, 0.1) is 13.8 Å². The standard InChI is InChI=1S/C15H16N2O3/c1-10-3-4-11(2)17(10)8-15(18)16-12-5-6-13-14(7-12)20-9-19-13/h3-7H,8-9H2,1-2H3,(H,16,18). The number of anilines is 1. The summed E-state index contributed by atoms with van der Waals surface area (Å²) in [6.45, 7) is 4.51. The summed E-state index contributed by atoms with van der Waals surface area (Å²) in [6, 6.07) is 9.38. The summed E-state index contributed by atoms with van der Waals surface area (Å²) < 4.78 is 12.5. The molecule has 0 aliphatic carbocycles. The van der Waals surface area contributed by atoms with Gasteiger partial charge in [-0.25, -0.2) is 0 Å². The lowest BCUT2D eigenvalue weighted by Gasteiger charge is -2.10. The minimum Gasteiger partial charge on any atom is -0.454 e. The minimum absolute atomic E-state index is 0.0636. The Hall–Kier alpha value is -2.43. The number of carbonyl (C=O) groups excluding carboxylic acids is 1. The molecule has 5 heteroatoms. The minimum atomic E-state index is -0.0636. The lowest BCUT2D eigenvalue weighted by Crippen LogP contribution is -2.20. The topological polar surface area (TPSA) is 52.5 Å². The molecule has 0 fully saturated rings. The maximum absolute atomic E-state index is 12.1. The second kappa shape index (κ2) is 4.92. The summed E-state index contributed by atoms with van der Waals surface area (Å²) in [5.41, 5.74) is 2.85. The summed E-state index contributed by atoms with van der Waals surface area (Å²) >= 11 is 0. The normalized spacial score (nSPS) is 12.5. The van der Waals surface area contributed by atoms with E-state index in [-0.39, 0.29) is 12.7 Å². The van der Waals surface area contributed by atoms with Crippen molar-refractivity contribution in [3.8, 4) is 11.5 Å². The number of amides is 1. The number of hydrogen-bond donors (Lipinski definition) is 1. The molecule has 0 spiro atoms. The lowest BCUT2D eigenvalue weighted by atomic mass is 10.2. The van der Waals surface area contributed by atoms with Crippen LogP contribution in [0.15, 0.2) is 30.3 Å². The van der Waals surface area contributed by atoms with Gasteiger partial charge in [-0.15, -0.1) is 0 Å². The molecule has 1 aliphatic heterocycles. The van der Waals surface area contributed by atoms with Gasteiger partial charge in [0.25, 0.3) is 0 Å². The molecule has 20 heavy (non-hydrogen) atoms. The molecule has 1 amide bonds. The van der Waals surface area contributed by atoms with Crippen LogP contribution in [0.1, 0.15) is 11.4 Å². The smallest absolute Gasteiger partial charge is 0.244 e. The molecule has 0 saturated carbocycles. The number of fused-ring (bicyclic) bond motifs is 1. The fraction of sp³-hybridized carbons (Fsp3) is 0.267. The van der Waals surface area contributed by atoms with Crippen LogP contribution in [0.3, 0.4) is 0 Å². The van der Waals surface area contributed by atoms with E-state index < -0.39 is 0 Å². The zero-order valence-electron chi connectivity index (χ0n) is 11.5. The van der Waals surface area contributed by atoms with Crippen LogP contribution < -0.4 is 14.8 Å². The van der Waals surface area contributed by atoms with Gasteiger partial charge in [0, 0.05) is 23.1 Å². The zero-order valence-corrected chi connectivity index (χ0v) is 11.5. The number of aryl methyl sites for hydroxylation is 2. The monoisotopic (exact) mass is 272 g/mol. The number of carbonyl (C=O) groups is 1. The SMILES string of the molecule is Cc1ccc(C)n1CC(=O)Nc1ccc2c(c1)OCO2. The van der Waals surface area contributed by atoms with Crippen LogP contribution in [0.4, 0.5) is 5.69 Å². The predicted octanol–water partition coefficient (Wildman–Crippen LogP) is 2.47. The van der Waals surface area contributed by atoms with Crippen LogP contribution in [0.25, 0.3) is 0 Å². The van der Waals surface area contributed by atoms with Gasteiger partial charge >= 0.3 is 0 Å². The number of ether oxygens (including phenoxy) is 2. The Bertz CT molecular complexity index is 642. The third kappa shape index (κ3) is 2.34. The molecule has 1 aromatic heterocycles. The van der Waals surface area contributed by atoms with Gasteiger partial charge < -0.3 is 19.4 Å². The van der Waals surface area contributed by atoms with Crippen LogP contribution in [0.2, 0.25) is 0 Å². The highest BCUT2D eigenvalue weighted by Gasteiger charge is 2.14. The Morgan fingerprint density at radius 3 is 2.60 bits per heavy atom. The van der Waals surface area contributed by atoms with Crippen molar-refractivity contribution in [3.63, 3.8) is 0 Å². The van der Waals surface area contributed by atoms with Crippen molar-refractivity contribution in [2.24, 2.45) is 0 Å². The van der Waals surface area contributed by atoms with E-state index >= 15 is 0 Å². The fourth-order valence-corrected chi connectivity index (χ4v) is 2.27. The largest absolute Gasteiger partial charge is 0.454 e. The number of aromatic nitrogens is 1. The Labute approximate surface area is 117 Å². The molecule has 0 unspecified atom stereocenters. The molecule has 2 aromatic rings. The summed E-state index contributed by atoms with van der Waals surface area (Å²) in [4.78, 5) is 12.1. The molecule has 0 bridgehead atoms. The number of nitrogens with zero attached hydrogens (tertiary/aromatic N) is 1. The van der Waals surface area contributed by atoms with Crippen molar-refractivity contribution in [1.82, 2.24) is 4.57 Å². The summed E-state index contributed by atoms with van der Waals surface area (Å²) in [6.07, 6.45) is 0. The maximum Gasteiger partial charge on any atom is 0.244 e. The van der Waals surface area contributed by atoms with E-state index in [4.69, 9.17) is 9.47 Å². The van der Waals surface area contributed by atoms with Crippen LogP contribution in [-0.2, 0) is 11.3 Å². The van der Waals surface area contributed by atoms with Gasteiger partial charge in [0.1, 0.15) is 6.54 Å². The fourth-order valence-electron chi connectivity index (χ4n) is 2.27. The van der Waals surface area contributed by atoms with Crippen LogP contribution in [0.5, 0.6) is 11.5 Å². The number of nitrogens with one attached hydrogen (secondary N) is 1. The number of rotatable bonds is 3. The molecular weight excluding hydrogens is 256 g/mol. The second-order valence-corrected chi connectivity index (χ2v) is 4.82. The van der Waals surface area contributed by atoms with Gasteiger partial charge in [-0.05, 0) is 38.1 Å². The van der Waals surface area contributed by atoms with E-state index in [2.05, 4.69) is 5.32 Å². The van der Waals surface area contributed by atoms with E-state index in [1.807, 2.05) is 30.5 Å². The molecule has 0 radical (unpaired) electrons. The molecule has 104 valence electrons. The van der Waals surface area contributed by atoms with E-state index in [9.17, 15) is 4.79 Å². The first-order valence-corrected chi connectivity index (χ1v) is 6.46. The molecular formula is C15H16N2O3. The summed E-state index contributed by atoms with van der Waals surface area (Å²) in [5, 5.41) is 2.87. The van der Waals surface area contributed by atoms with Crippen molar-refractivity contribution < 1.29 is 14.3 Å². The zero-order chi connectivity index (χ0) is 14.1. The van der Waals surface area contributed by atoms with E-state index in [0.29, 0.717) is 23.7 Å². The molecule has 0 saturated heterocycles. The lowest BCUT2D eigenvalue weighted by molar-refractivity contribution is -0.116. The highest BCUT2D eigenvalue weighted by molar-refractivity contribution is 5.91. The first kappa shape index (κ1) is 12.6. The van der Waals surface area contributed by atoms with Crippen molar-refractivity contribution in [2.75, 3.05) is 12.1 Å². The molecule has 1 N–H and O–H groups in total. The number of benzene rings is 1. The van der Waals surface area contributed by atoms with Gasteiger partial charge in [0.15, 0.2) is 11.5 Å². The Morgan fingerprint density at radius 2 is 1.85 bits per heavy atom. The average Bonchev–Trinajstić information content (AvgIpc) is 3.00. The maximum atomic E-state index is 12.1. The molecule has 0 atom stereocenters.